The van der Waals surface area contributed by atoms with Gasteiger partial charge in [0.05, 0.1) is 17.7 Å². The van der Waals surface area contributed by atoms with E-state index in [0.29, 0.717) is 53.8 Å². The molecule has 6 nitrogen and oxygen atoms in total. The molecule has 1 saturated heterocycles. The van der Waals surface area contributed by atoms with E-state index in [4.69, 9.17) is 0 Å². The van der Waals surface area contributed by atoms with Crippen LogP contribution in [0, 0.1) is 17.1 Å². The summed E-state index contributed by atoms with van der Waals surface area (Å²) in [6.45, 7) is 2.40. The molecule has 1 fully saturated rings. The molecule has 0 spiro atoms. The first-order chi connectivity index (χ1) is 14.1. The highest BCUT2D eigenvalue weighted by atomic mass is 32.1. The lowest BCUT2D eigenvalue weighted by Gasteiger charge is -2.35. The number of nitrogens with zero attached hydrogens (tertiary/aromatic N) is 5. The minimum absolute atomic E-state index is 0.0160. The Morgan fingerprint density at radius 2 is 2.03 bits per heavy atom. The van der Waals surface area contributed by atoms with E-state index in [1.165, 1.54) is 23.5 Å². The number of nitriles is 1. The van der Waals surface area contributed by atoms with Crippen LogP contribution in [0.1, 0.15) is 11.3 Å². The topological polar surface area (TPSA) is 73.1 Å². The largest absolute Gasteiger partial charge is 0.352 e. The van der Waals surface area contributed by atoms with Crippen LogP contribution in [0.25, 0.3) is 10.6 Å². The van der Waals surface area contributed by atoms with Crippen molar-refractivity contribution in [1.29, 1.82) is 5.26 Å². The number of piperazine rings is 1. The summed E-state index contributed by atoms with van der Waals surface area (Å²) >= 11 is 1.41. The van der Waals surface area contributed by atoms with Gasteiger partial charge < -0.3 is 9.80 Å². The highest BCUT2D eigenvalue weighted by molar-refractivity contribution is 7.13. The van der Waals surface area contributed by atoms with Gasteiger partial charge in [-0.3, -0.25) is 4.79 Å². The highest BCUT2D eigenvalue weighted by Gasteiger charge is 2.24. The zero-order valence-corrected chi connectivity index (χ0v) is 16.4. The number of thiazole rings is 1. The SMILES string of the molecule is N#Cc1cccnc1N1CCN(C(=O)Cc2csc(-c3cccc(F)c3)n2)CC1. The quantitative estimate of drug-likeness (QED) is 0.665. The Labute approximate surface area is 171 Å². The molecule has 2 aromatic heterocycles. The maximum atomic E-state index is 13.4. The Morgan fingerprint density at radius 1 is 1.21 bits per heavy atom. The van der Waals surface area contributed by atoms with Gasteiger partial charge in [-0.05, 0) is 24.3 Å². The van der Waals surface area contributed by atoms with Gasteiger partial charge in [-0.2, -0.15) is 5.26 Å². The number of carbonyl (C=O) groups is 1. The molecule has 146 valence electrons. The second-order valence-electron chi connectivity index (χ2n) is 6.69. The molecule has 8 heteroatoms. The number of halogens is 1. The van der Waals surface area contributed by atoms with E-state index in [1.54, 1.807) is 30.5 Å². The molecular weight excluding hydrogens is 389 g/mol. The van der Waals surface area contributed by atoms with Gasteiger partial charge in [-0.15, -0.1) is 11.3 Å². The molecule has 0 bridgehead atoms. The molecular formula is C21H18FN5OS. The first kappa shape index (κ1) is 19.0. The molecule has 1 amide bonds. The first-order valence-electron chi connectivity index (χ1n) is 9.22. The van der Waals surface area contributed by atoms with Gasteiger partial charge in [0.25, 0.3) is 0 Å². The number of rotatable bonds is 4. The third-order valence-corrected chi connectivity index (χ3v) is 5.73. The maximum Gasteiger partial charge on any atom is 0.228 e. The molecule has 3 aromatic rings. The van der Waals surface area contributed by atoms with Crippen molar-refractivity contribution in [2.24, 2.45) is 0 Å². The average Bonchev–Trinajstić information content (AvgIpc) is 3.22. The molecule has 1 aliphatic rings. The number of hydrogen-bond donors (Lipinski definition) is 0. The van der Waals surface area contributed by atoms with E-state index in [1.807, 2.05) is 15.2 Å². The van der Waals surface area contributed by atoms with Gasteiger partial charge >= 0.3 is 0 Å². The summed E-state index contributed by atoms with van der Waals surface area (Å²) in [7, 11) is 0. The maximum absolute atomic E-state index is 13.4. The second-order valence-corrected chi connectivity index (χ2v) is 7.54. The fourth-order valence-corrected chi connectivity index (χ4v) is 4.13. The molecule has 1 aliphatic heterocycles. The van der Waals surface area contributed by atoms with E-state index in [-0.39, 0.29) is 18.1 Å². The number of carbonyl (C=O) groups excluding carboxylic acids is 1. The van der Waals surface area contributed by atoms with Crippen LogP contribution in [0.5, 0.6) is 0 Å². The summed E-state index contributed by atoms with van der Waals surface area (Å²) < 4.78 is 13.4. The summed E-state index contributed by atoms with van der Waals surface area (Å²) in [4.78, 5) is 25.3. The lowest BCUT2D eigenvalue weighted by molar-refractivity contribution is -0.130. The standard InChI is InChI=1S/C21H18FN5OS/c22-17-5-1-3-15(11-17)21-25-18(14-29-21)12-19(28)26-7-9-27(10-8-26)20-16(13-23)4-2-6-24-20/h1-6,11,14H,7-10,12H2. The normalized spacial score (nSPS) is 13.9. The van der Waals surface area contributed by atoms with Crippen molar-refractivity contribution in [1.82, 2.24) is 14.9 Å². The fourth-order valence-electron chi connectivity index (χ4n) is 3.31. The summed E-state index contributed by atoms with van der Waals surface area (Å²) in [5.41, 5.74) is 1.95. The molecule has 0 aliphatic carbocycles. The van der Waals surface area contributed by atoms with Crippen molar-refractivity contribution in [2.45, 2.75) is 6.42 Å². The molecule has 1 aromatic carbocycles. The summed E-state index contributed by atoms with van der Waals surface area (Å²) in [5.74, 6) is 0.379. The van der Waals surface area contributed by atoms with Gasteiger partial charge in [0.1, 0.15) is 22.7 Å². The predicted molar refractivity (Wildman–Crippen MR) is 109 cm³/mol. The van der Waals surface area contributed by atoms with E-state index in [0.717, 1.165) is 0 Å². The molecule has 0 unspecified atom stereocenters. The lowest BCUT2D eigenvalue weighted by atomic mass is 10.2. The Balaban J connectivity index is 1.37. The highest BCUT2D eigenvalue weighted by Crippen LogP contribution is 2.25. The van der Waals surface area contributed by atoms with E-state index in [2.05, 4.69) is 16.0 Å². The number of amides is 1. The van der Waals surface area contributed by atoms with Crippen LogP contribution in [-0.2, 0) is 11.2 Å². The predicted octanol–water partition coefficient (Wildman–Crippen LogP) is 3.11. The van der Waals surface area contributed by atoms with Crippen molar-refractivity contribution >= 4 is 23.1 Å². The van der Waals surface area contributed by atoms with Gasteiger partial charge in [-0.25, -0.2) is 14.4 Å². The molecule has 4 rings (SSSR count). The second kappa shape index (κ2) is 8.37. The first-order valence-corrected chi connectivity index (χ1v) is 10.1. The lowest BCUT2D eigenvalue weighted by Crippen LogP contribution is -2.49. The molecule has 0 atom stereocenters. The molecule has 3 heterocycles. The van der Waals surface area contributed by atoms with Crippen LogP contribution in [0.15, 0.2) is 48.0 Å². The molecule has 29 heavy (non-hydrogen) atoms. The van der Waals surface area contributed by atoms with Crippen LogP contribution < -0.4 is 4.90 Å². The van der Waals surface area contributed by atoms with Crippen molar-refractivity contribution in [2.75, 3.05) is 31.1 Å². The molecule has 0 saturated carbocycles. The Morgan fingerprint density at radius 3 is 2.79 bits per heavy atom. The van der Waals surface area contributed by atoms with Crippen LogP contribution in [0.4, 0.5) is 10.2 Å². The smallest absolute Gasteiger partial charge is 0.228 e. The van der Waals surface area contributed by atoms with E-state index in [9.17, 15) is 14.4 Å². The van der Waals surface area contributed by atoms with Gasteiger partial charge in [0, 0.05) is 43.3 Å². The molecule has 0 radical (unpaired) electrons. The minimum atomic E-state index is -0.305. The van der Waals surface area contributed by atoms with Crippen LogP contribution in [0.2, 0.25) is 0 Å². The zero-order chi connectivity index (χ0) is 20.2. The average molecular weight is 407 g/mol. The van der Waals surface area contributed by atoms with Crippen LogP contribution in [0.3, 0.4) is 0 Å². The van der Waals surface area contributed by atoms with E-state index < -0.39 is 0 Å². The zero-order valence-electron chi connectivity index (χ0n) is 15.6. The fraction of sp³-hybridized carbons (Fsp3) is 0.238. The van der Waals surface area contributed by atoms with Crippen LogP contribution >= 0.6 is 11.3 Å². The number of benzene rings is 1. The van der Waals surface area contributed by atoms with Gasteiger partial charge in [-0.1, -0.05) is 12.1 Å². The number of pyridine rings is 1. The third kappa shape index (κ3) is 4.25. The Hall–Kier alpha value is -3.31. The third-order valence-electron chi connectivity index (χ3n) is 4.79. The number of aromatic nitrogens is 2. The van der Waals surface area contributed by atoms with Gasteiger partial charge in [0.15, 0.2) is 0 Å². The van der Waals surface area contributed by atoms with Crippen molar-refractivity contribution in [3.63, 3.8) is 0 Å². The monoisotopic (exact) mass is 407 g/mol. The van der Waals surface area contributed by atoms with Crippen molar-refractivity contribution < 1.29 is 9.18 Å². The Bertz CT molecular complexity index is 1070. The van der Waals surface area contributed by atoms with Crippen LogP contribution in [-0.4, -0.2) is 47.0 Å². The van der Waals surface area contributed by atoms with Crippen molar-refractivity contribution in [3.8, 4) is 16.6 Å². The van der Waals surface area contributed by atoms with Crippen molar-refractivity contribution in [3.05, 3.63) is 65.0 Å². The van der Waals surface area contributed by atoms with E-state index >= 15 is 0 Å². The number of anilines is 1. The Kier molecular flexibility index (Phi) is 5.49. The minimum Gasteiger partial charge on any atom is -0.352 e. The van der Waals surface area contributed by atoms with Gasteiger partial charge in [0.2, 0.25) is 5.91 Å². The summed E-state index contributed by atoms with van der Waals surface area (Å²) in [5, 5.41) is 11.8. The summed E-state index contributed by atoms with van der Waals surface area (Å²) in [6.07, 6.45) is 1.89. The summed E-state index contributed by atoms with van der Waals surface area (Å²) in [6, 6.07) is 11.9. The molecule has 0 N–H and O–H groups in total. The number of hydrogen-bond acceptors (Lipinski definition) is 6.